The van der Waals surface area contributed by atoms with E-state index in [1.807, 2.05) is 13.8 Å². The van der Waals surface area contributed by atoms with Crippen molar-refractivity contribution < 1.29 is 13.9 Å². The molecule has 20 heavy (non-hydrogen) atoms. The van der Waals surface area contributed by atoms with Crippen LogP contribution in [0.1, 0.15) is 35.3 Å². The van der Waals surface area contributed by atoms with Gasteiger partial charge in [-0.1, -0.05) is 0 Å². The lowest BCUT2D eigenvalue weighted by Crippen LogP contribution is -2.07. The maximum Gasteiger partial charge on any atom is 0.193 e. The molecule has 0 unspecified atom stereocenters. The zero-order chi connectivity index (χ0) is 14.7. The van der Waals surface area contributed by atoms with Gasteiger partial charge in [0.05, 0.1) is 6.10 Å². The Morgan fingerprint density at radius 3 is 2.30 bits per heavy atom. The van der Waals surface area contributed by atoms with Crippen LogP contribution in [0, 0.1) is 12.7 Å². The van der Waals surface area contributed by atoms with Crippen LogP contribution in [0.3, 0.4) is 0 Å². The number of ketones is 1. The van der Waals surface area contributed by atoms with Crippen molar-refractivity contribution >= 4 is 5.78 Å². The van der Waals surface area contributed by atoms with E-state index in [-0.39, 0.29) is 17.7 Å². The maximum absolute atomic E-state index is 13.1. The van der Waals surface area contributed by atoms with E-state index in [9.17, 15) is 9.18 Å². The number of hydrogen-bond acceptors (Lipinski definition) is 2. The van der Waals surface area contributed by atoms with Crippen LogP contribution in [-0.4, -0.2) is 11.9 Å². The monoisotopic (exact) mass is 272 g/mol. The van der Waals surface area contributed by atoms with Crippen molar-refractivity contribution in [3.05, 3.63) is 65.0 Å². The summed E-state index contributed by atoms with van der Waals surface area (Å²) >= 11 is 0. The molecule has 2 aromatic carbocycles. The van der Waals surface area contributed by atoms with Crippen molar-refractivity contribution in [1.82, 2.24) is 0 Å². The molecule has 3 heteroatoms. The molecular formula is C17H17FO2. The first-order chi connectivity index (χ1) is 9.47. The quantitative estimate of drug-likeness (QED) is 0.781. The zero-order valence-corrected chi connectivity index (χ0v) is 11.8. The Hall–Kier alpha value is -2.16. The number of carbonyl (C=O) groups excluding carboxylic acids is 1. The molecule has 104 valence electrons. The van der Waals surface area contributed by atoms with Crippen molar-refractivity contribution in [2.24, 2.45) is 0 Å². The Morgan fingerprint density at radius 1 is 1.10 bits per heavy atom. The lowest BCUT2D eigenvalue weighted by atomic mass is 9.99. The summed E-state index contributed by atoms with van der Waals surface area (Å²) in [5, 5.41) is 0. The van der Waals surface area contributed by atoms with E-state index in [2.05, 4.69) is 0 Å². The Labute approximate surface area is 118 Å². The minimum absolute atomic E-state index is 0.0934. The molecule has 2 rings (SSSR count). The second kappa shape index (κ2) is 5.87. The number of aryl methyl sites for hydroxylation is 1. The summed E-state index contributed by atoms with van der Waals surface area (Å²) in [6.07, 6.45) is 0.0934. The number of carbonyl (C=O) groups is 1. The lowest BCUT2D eigenvalue weighted by Gasteiger charge is -2.10. The topological polar surface area (TPSA) is 26.3 Å². The SMILES string of the molecule is Cc1cc(F)ccc1C(=O)c1ccc(OC(C)C)cc1. The molecule has 0 aliphatic rings. The largest absolute Gasteiger partial charge is 0.491 e. The van der Waals surface area contributed by atoms with Crippen LogP contribution in [0.25, 0.3) is 0 Å². The van der Waals surface area contributed by atoms with E-state index in [0.717, 1.165) is 5.75 Å². The van der Waals surface area contributed by atoms with Crippen LogP contribution in [0.5, 0.6) is 5.75 Å². The molecule has 0 bridgehead atoms. The summed E-state index contributed by atoms with van der Waals surface area (Å²) < 4.78 is 18.6. The van der Waals surface area contributed by atoms with Gasteiger partial charge in [-0.25, -0.2) is 4.39 Å². The van der Waals surface area contributed by atoms with E-state index in [0.29, 0.717) is 16.7 Å². The molecule has 0 N–H and O–H groups in total. The van der Waals surface area contributed by atoms with Crippen LogP contribution in [-0.2, 0) is 0 Å². The number of ether oxygens (including phenoxy) is 1. The molecule has 0 amide bonds. The minimum atomic E-state index is -0.334. The molecule has 2 aromatic rings. The summed E-state index contributed by atoms with van der Waals surface area (Å²) in [6, 6.07) is 11.2. The van der Waals surface area contributed by atoms with Crippen LogP contribution < -0.4 is 4.74 Å². The van der Waals surface area contributed by atoms with Crippen molar-refractivity contribution in [3.8, 4) is 5.75 Å². The average molecular weight is 272 g/mol. The second-order valence-corrected chi connectivity index (χ2v) is 4.98. The fourth-order valence-electron chi connectivity index (χ4n) is 1.99. The Balaban J connectivity index is 2.25. The molecule has 0 atom stereocenters. The van der Waals surface area contributed by atoms with E-state index in [1.165, 1.54) is 18.2 Å². The summed E-state index contributed by atoms with van der Waals surface area (Å²) in [5.41, 5.74) is 1.72. The molecule has 0 aliphatic carbocycles. The molecule has 0 saturated carbocycles. The Bertz CT molecular complexity index is 615. The van der Waals surface area contributed by atoms with Crippen molar-refractivity contribution in [2.75, 3.05) is 0 Å². The van der Waals surface area contributed by atoms with Crippen LogP contribution in [0.4, 0.5) is 4.39 Å². The average Bonchev–Trinajstić information content (AvgIpc) is 2.38. The second-order valence-electron chi connectivity index (χ2n) is 4.98. The maximum atomic E-state index is 13.1. The van der Waals surface area contributed by atoms with Crippen molar-refractivity contribution in [3.63, 3.8) is 0 Å². The highest BCUT2D eigenvalue weighted by Crippen LogP contribution is 2.19. The van der Waals surface area contributed by atoms with Gasteiger partial charge in [0.25, 0.3) is 0 Å². The molecule has 2 nitrogen and oxygen atoms in total. The molecule has 0 heterocycles. The fourth-order valence-corrected chi connectivity index (χ4v) is 1.99. The van der Waals surface area contributed by atoms with Crippen LogP contribution in [0.2, 0.25) is 0 Å². The molecule has 0 aliphatic heterocycles. The zero-order valence-electron chi connectivity index (χ0n) is 11.8. The van der Waals surface area contributed by atoms with Gasteiger partial charge in [-0.2, -0.15) is 0 Å². The summed E-state index contributed by atoms with van der Waals surface area (Å²) in [6.45, 7) is 5.62. The number of benzene rings is 2. The Kier molecular flexibility index (Phi) is 4.18. The highest BCUT2D eigenvalue weighted by atomic mass is 19.1. The van der Waals surface area contributed by atoms with Gasteiger partial charge in [0, 0.05) is 11.1 Å². The highest BCUT2D eigenvalue weighted by molar-refractivity contribution is 6.09. The van der Waals surface area contributed by atoms with Gasteiger partial charge in [-0.15, -0.1) is 0 Å². The number of rotatable bonds is 4. The first kappa shape index (κ1) is 14.3. The lowest BCUT2D eigenvalue weighted by molar-refractivity contribution is 0.103. The van der Waals surface area contributed by atoms with E-state index < -0.39 is 0 Å². The summed E-state index contributed by atoms with van der Waals surface area (Å²) in [7, 11) is 0. The molecule has 0 fully saturated rings. The predicted octanol–water partition coefficient (Wildman–Crippen LogP) is 4.15. The smallest absolute Gasteiger partial charge is 0.193 e. The van der Waals surface area contributed by atoms with Gasteiger partial charge < -0.3 is 4.74 Å². The third-order valence-corrected chi connectivity index (χ3v) is 2.92. The van der Waals surface area contributed by atoms with Crippen LogP contribution in [0.15, 0.2) is 42.5 Å². The third kappa shape index (κ3) is 3.23. The van der Waals surface area contributed by atoms with Crippen molar-refractivity contribution in [1.29, 1.82) is 0 Å². The van der Waals surface area contributed by atoms with Gasteiger partial charge in [0.1, 0.15) is 11.6 Å². The Morgan fingerprint density at radius 2 is 1.75 bits per heavy atom. The minimum Gasteiger partial charge on any atom is -0.491 e. The van der Waals surface area contributed by atoms with Gasteiger partial charge in [0.2, 0.25) is 0 Å². The van der Waals surface area contributed by atoms with Gasteiger partial charge in [-0.3, -0.25) is 4.79 Å². The standard InChI is InChI=1S/C17H17FO2/c1-11(2)20-15-7-4-13(5-8-15)17(19)16-9-6-14(18)10-12(16)3/h4-11H,1-3H3. The highest BCUT2D eigenvalue weighted by Gasteiger charge is 2.12. The number of halogens is 1. The van der Waals surface area contributed by atoms with E-state index >= 15 is 0 Å². The first-order valence-corrected chi connectivity index (χ1v) is 6.55. The fraction of sp³-hybridized carbons (Fsp3) is 0.235. The van der Waals surface area contributed by atoms with Gasteiger partial charge in [0.15, 0.2) is 5.78 Å². The predicted molar refractivity (Wildman–Crippen MR) is 76.8 cm³/mol. The normalized spacial score (nSPS) is 10.7. The molecule has 0 aromatic heterocycles. The van der Waals surface area contributed by atoms with Gasteiger partial charge in [-0.05, 0) is 68.8 Å². The number of hydrogen-bond donors (Lipinski definition) is 0. The first-order valence-electron chi connectivity index (χ1n) is 6.55. The summed E-state index contributed by atoms with van der Waals surface area (Å²) in [5.74, 6) is 0.283. The molecular weight excluding hydrogens is 255 g/mol. The third-order valence-electron chi connectivity index (χ3n) is 2.92. The van der Waals surface area contributed by atoms with Crippen molar-refractivity contribution in [2.45, 2.75) is 26.9 Å². The molecule has 0 radical (unpaired) electrons. The molecule has 0 spiro atoms. The molecule has 0 saturated heterocycles. The van der Waals surface area contributed by atoms with E-state index in [4.69, 9.17) is 4.74 Å². The van der Waals surface area contributed by atoms with Crippen LogP contribution >= 0.6 is 0 Å². The van der Waals surface area contributed by atoms with E-state index in [1.54, 1.807) is 31.2 Å². The summed E-state index contributed by atoms with van der Waals surface area (Å²) in [4.78, 5) is 12.3. The van der Waals surface area contributed by atoms with Gasteiger partial charge >= 0.3 is 0 Å².